The Kier molecular flexibility index (Phi) is 12.3. The molecule has 0 aliphatic carbocycles. The Hall–Kier alpha value is -6.19. The van der Waals surface area contributed by atoms with Crippen molar-refractivity contribution >= 4 is 28.0 Å². The second-order valence-corrected chi connectivity index (χ2v) is 14.0. The van der Waals surface area contributed by atoms with E-state index >= 15 is 35.1 Å². The molecule has 0 bridgehead atoms. The lowest BCUT2D eigenvalue weighted by Crippen LogP contribution is -3.61. The van der Waals surface area contributed by atoms with Crippen molar-refractivity contribution in [2.45, 2.75) is 0 Å². The lowest BCUT2D eigenvalue weighted by atomic mass is 9.12. The van der Waals surface area contributed by atoms with Gasteiger partial charge in [-0.2, -0.15) is 10.5 Å². The van der Waals surface area contributed by atoms with E-state index in [0.717, 1.165) is 7.53 Å². The van der Waals surface area contributed by atoms with Crippen molar-refractivity contribution in [3.63, 3.8) is 0 Å². The van der Waals surface area contributed by atoms with Gasteiger partial charge in [0.1, 0.15) is 64.8 Å². The van der Waals surface area contributed by atoms with Crippen molar-refractivity contribution in [3.8, 4) is 12.1 Å². The van der Waals surface area contributed by atoms with Gasteiger partial charge in [-0.25, -0.2) is 87.8 Å². The summed E-state index contributed by atoms with van der Waals surface area (Å²) in [6.07, 6.45) is -7.22. The maximum atomic E-state index is 15.4. The third-order valence-electron chi connectivity index (χ3n) is 8.26. The molecule has 2 heterocycles. The van der Waals surface area contributed by atoms with Gasteiger partial charge in [0, 0.05) is 12.1 Å². The second-order valence-electron chi connectivity index (χ2n) is 11.3. The molecule has 2 aromatic heterocycles. The average Bonchev–Trinajstić information content (AvgIpc) is 3.90. The van der Waals surface area contributed by atoms with E-state index in [-0.39, 0.29) is 0 Å². The number of hydrogen-bond donors (Lipinski definition) is 0. The summed E-state index contributed by atoms with van der Waals surface area (Å²) in [6, 6.07) is 10.6. The topological polar surface area (TPSA) is 73.9 Å². The number of benzene rings is 4. The molecule has 6 rings (SSSR count). The number of halogens is 21. The predicted molar refractivity (Wildman–Crippen MR) is 153 cm³/mol. The zero-order valence-electron chi connectivity index (χ0n) is 27.5. The van der Waals surface area contributed by atoms with Crippen LogP contribution < -0.4 is 43.1 Å². The van der Waals surface area contributed by atoms with E-state index in [9.17, 15) is 52.7 Å². The first-order valence-electron chi connectivity index (χ1n) is 14.9. The van der Waals surface area contributed by atoms with Crippen LogP contribution in [0.3, 0.4) is 0 Å². The minimum atomic E-state index is -7.22. The summed E-state index contributed by atoms with van der Waals surface area (Å²) in [5.74, 6) is -70.8. The number of nitriles is 2. The van der Waals surface area contributed by atoms with Gasteiger partial charge in [0.2, 0.25) is 11.5 Å². The lowest BCUT2D eigenvalue weighted by molar-refractivity contribution is -0.636. The zero-order valence-corrected chi connectivity index (χ0v) is 29.7. The van der Waals surface area contributed by atoms with Gasteiger partial charge < -0.3 is 8.83 Å². The predicted octanol–water partition coefficient (Wildman–Crippen LogP) is 4.59. The van der Waals surface area contributed by atoms with Crippen LogP contribution in [0.5, 0.6) is 0 Å². The summed E-state index contributed by atoms with van der Waals surface area (Å²) < 4.78 is 306. The molecule has 4 nitrogen and oxygen atoms in total. The Morgan fingerprint density at radius 2 is 0.500 bits per heavy atom. The Labute approximate surface area is 327 Å². The summed E-state index contributed by atoms with van der Waals surface area (Å²) in [5.41, 5.74) is -14.3. The fraction of sp³-hybridized carbons (Fsp3) is 0. The average molecular weight is 990 g/mol. The van der Waals surface area contributed by atoms with Gasteiger partial charge in [0.15, 0.2) is 69.8 Å². The summed E-state index contributed by atoms with van der Waals surface area (Å²) in [5, 5.41) is 17.1. The van der Waals surface area contributed by atoms with Crippen LogP contribution in [0.25, 0.3) is 0 Å². The van der Waals surface area contributed by atoms with Gasteiger partial charge in [0.25, 0.3) is 0 Å². The molecule has 0 fully saturated rings. The van der Waals surface area contributed by atoms with Crippen molar-refractivity contribution in [3.05, 3.63) is 160 Å². The smallest absolute Gasteiger partial charge is 0.407 e. The van der Waals surface area contributed by atoms with Crippen LogP contribution in [0.2, 0.25) is 0 Å². The van der Waals surface area contributed by atoms with Crippen LogP contribution in [0.1, 0.15) is 11.5 Å². The maximum Gasteiger partial charge on any atom is 0.443 e. The fourth-order valence-corrected chi connectivity index (χ4v) is 7.75. The molecule has 4 aromatic carbocycles. The largest absolute Gasteiger partial charge is 0.443 e. The molecule has 0 aliphatic rings. The number of rotatable bonds is 6. The normalized spacial score (nSPS) is 11.4. The minimum Gasteiger partial charge on any atom is -0.407 e. The first kappa shape index (κ1) is 44.9. The fourth-order valence-electron chi connectivity index (χ4n) is 5.82. The van der Waals surface area contributed by atoms with Crippen LogP contribution in [0.4, 0.5) is 87.8 Å². The Morgan fingerprint density at radius 1 is 0.317 bits per heavy atom. The molecule has 0 unspecified atom stereocenters. The Balaban J connectivity index is 0.000000379. The Morgan fingerprint density at radius 3 is 0.667 bits per heavy atom. The number of nitrogens with zero attached hydrogens (tertiary/aromatic N) is 2. The Bertz CT molecular complexity index is 2420. The van der Waals surface area contributed by atoms with Gasteiger partial charge in [-0.1, -0.05) is 0 Å². The standard InChI is InChI=1S/C24BF20.C10H4IN2O2/c26-5-1(6(27)14(35)21(42)13(5)34)25(2-7(28)15(36)22(43)16(37)8(2)29,3-9(30)17(38)23(44)18(39)10(3)31)4-11(32)19(40)24(45)20(41)12(4)33;12-5-7-1-3-9(14-7)11-10-4-2-8(6-13)15-10/h;1-4H/q-1;+1. The molecule has 312 valence electrons. The van der Waals surface area contributed by atoms with Crippen molar-refractivity contribution < 1.29 is 118 Å². The molecule has 0 atom stereocenters. The molecule has 0 aliphatic heterocycles. The monoisotopic (exact) mass is 990 g/mol. The van der Waals surface area contributed by atoms with Crippen LogP contribution >= 0.6 is 0 Å². The van der Waals surface area contributed by atoms with E-state index in [1.807, 2.05) is 12.1 Å². The summed E-state index contributed by atoms with van der Waals surface area (Å²) in [6.45, 7) is 0. The van der Waals surface area contributed by atoms with Gasteiger partial charge in [-0.05, 0) is 12.1 Å². The number of furan rings is 2. The van der Waals surface area contributed by atoms with Crippen molar-refractivity contribution in [1.29, 1.82) is 10.5 Å². The zero-order chi connectivity index (χ0) is 45.0. The van der Waals surface area contributed by atoms with E-state index in [2.05, 4.69) is 0 Å². The van der Waals surface area contributed by atoms with E-state index in [1.54, 1.807) is 24.3 Å². The highest BCUT2D eigenvalue weighted by atomic mass is 127. The maximum absolute atomic E-state index is 15.4. The minimum absolute atomic E-state index is 0.303. The molecule has 60 heavy (non-hydrogen) atoms. The van der Waals surface area contributed by atoms with Crippen molar-refractivity contribution in [1.82, 2.24) is 0 Å². The summed E-state index contributed by atoms with van der Waals surface area (Å²) >= 11 is -0.577. The molecule has 0 spiro atoms. The molecule has 0 saturated carbocycles. The van der Waals surface area contributed by atoms with E-state index in [1.165, 1.54) is 0 Å². The highest BCUT2D eigenvalue weighted by Gasteiger charge is 2.52. The van der Waals surface area contributed by atoms with E-state index in [4.69, 9.17) is 19.4 Å². The van der Waals surface area contributed by atoms with Crippen LogP contribution in [0.15, 0.2) is 33.1 Å². The first-order chi connectivity index (χ1) is 28.0. The van der Waals surface area contributed by atoms with Crippen molar-refractivity contribution in [2.24, 2.45) is 0 Å². The lowest BCUT2D eigenvalue weighted by Gasteiger charge is -2.44. The molecular formula is C34H4BF20IN2O2. The van der Waals surface area contributed by atoms with Crippen LogP contribution in [-0.2, 0) is 0 Å². The van der Waals surface area contributed by atoms with Gasteiger partial charge >= 0.3 is 28.7 Å². The highest BCUT2D eigenvalue weighted by Crippen LogP contribution is 2.30. The molecule has 0 saturated heterocycles. The molecule has 26 heteroatoms. The summed E-state index contributed by atoms with van der Waals surface area (Å²) in [7, 11) is 0. The van der Waals surface area contributed by atoms with E-state index < -0.39 is 166 Å². The van der Waals surface area contributed by atoms with Crippen molar-refractivity contribution in [2.75, 3.05) is 0 Å². The van der Waals surface area contributed by atoms with Crippen LogP contribution in [-0.4, -0.2) is 6.15 Å². The molecule has 0 amide bonds. The van der Waals surface area contributed by atoms with Crippen LogP contribution in [0, 0.1) is 147 Å². The summed E-state index contributed by atoms with van der Waals surface area (Å²) in [4.78, 5) is 0. The second kappa shape index (κ2) is 16.5. The quantitative estimate of drug-likeness (QED) is 0.0806. The van der Waals surface area contributed by atoms with Gasteiger partial charge in [-0.3, -0.25) is 0 Å². The highest BCUT2D eigenvalue weighted by molar-refractivity contribution is 7.20. The third kappa shape index (κ3) is 6.84. The van der Waals surface area contributed by atoms with Gasteiger partial charge in [-0.15, -0.1) is 21.9 Å². The van der Waals surface area contributed by atoms with Gasteiger partial charge in [0.05, 0.1) is 0 Å². The number of hydrogen-bond acceptors (Lipinski definition) is 4. The first-order valence-corrected chi connectivity index (χ1v) is 17.1. The molecule has 0 N–H and O–H groups in total. The molecule has 6 aromatic rings. The third-order valence-corrected chi connectivity index (χ3v) is 10.5. The SMILES string of the molecule is Fc1c(F)c(F)c([B-](c2c(F)c(F)c(F)c(F)c2F)(c2c(F)c(F)c(F)c(F)c2F)c2c(F)c(F)c(F)c(F)c2F)c(F)c1F.N#Cc1ccc([I+]c2ccc(C#N)o2)o1. The molecule has 0 radical (unpaired) electrons. The van der Waals surface area contributed by atoms with E-state index in [0.29, 0.717) is 11.5 Å². The molecular weight excluding hydrogens is 986 g/mol.